The fraction of sp³-hybridized carbons (Fsp3) is 0.231. The molecule has 0 fully saturated rings. The van der Waals surface area contributed by atoms with E-state index in [1.54, 1.807) is 13.1 Å². The molecule has 0 aliphatic rings. The number of halogens is 6. The van der Waals surface area contributed by atoms with Gasteiger partial charge in [-0.3, -0.25) is 0 Å². The van der Waals surface area contributed by atoms with Crippen molar-refractivity contribution in [2.45, 2.75) is 12.2 Å². The normalized spacial score (nSPS) is 13.5. The number of nitrogens with one attached hydrogen (secondary N) is 1. The standard InChI is InChI=1S/C13H9BrClF4NS/c1-20-11(9-5-8(15)12(14)21-9)6-3-2-4-7(10(6)16)13(17,18)19/h2-5,11,20H,1H3. The quantitative estimate of drug-likeness (QED) is 0.656. The van der Waals surface area contributed by atoms with Crippen molar-refractivity contribution >= 4 is 38.9 Å². The molecule has 1 N–H and O–H groups in total. The summed E-state index contributed by atoms with van der Waals surface area (Å²) in [6.07, 6.45) is -4.73. The minimum Gasteiger partial charge on any atom is -0.309 e. The first-order chi connectivity index (χ1) is 9.75. The van der Waals surface area contributed by atoms with E-state index >= 15 is 0 Å². The number of hydrogen-bond acceptors (Lipinski definition) is 2. The first-order valence-electron chi connectivity index (χ1n) is 5.73. The molecule has 8 heteroatoms. The number of hydrogen-bond donors (Lipinski definition) is 1. The summed E-state index contributed by atoms with van der Waals surface area (Å²) in [6.45, 7) is 0. The van der Waals surface area contributed by atoms with Crippen LogP contribution >= 0.6 is 38.9 Å². The molecule has 114 valence electrons. The molecule has 0 amide bonds. The van der Waals surface area contributed by atoms with Crippen LogP contribution in [0.1, 0.15) is 22.0 Å². The first kappa shape index (κ1) is 16.7. The van der Waals surface area contributed by atoms with Crippen molar-refractivity contribution in [1.82, 2.24) is 5.32 Å². The highest BCUT2D eigenvalue weighted by Gasteiger charge is 2.36. The first-order valence-corrected chi connectivity index (χ1v) is 7.72. The second-order valence-corrected chi connectivity index (χ2v) is 7.01. The average Bonchev–Trinajstić information content (AvgIpc) is 2.71. The third-order valence-corrected chi connectivity index (χ3v) is 5.42. The molecule has 0 bridgehead atoms. The molecule has 21 heavy (non-hydrogen) atoms. The maximum absolute atomic E-state index is 14.2. The Bertz CT molecular complexity index is 637. The van der Waals surface area contributed by atoms with Gasteiger partial charge in [0.15, 0.2) is 0 Å². The van der Waals surface area contributed by atoms with Crippen molar-refractivity contribution in [2.24, 2.45) is 0 Å². The van der Waals surface area contributed by atoms with Crippen molar-refractivity contribution in [3.8, 4) is 0 Å². The van der Waals surface area contributed by atoms with Crippen LogP contribution in [-0.2, 0) is 6.18 Å². The summed E-state index contributed by atoms with van der Waals surface area (Å²) in [6, 6.07) is 4.13. The lowest BCUT2D eigenvalue weighted by molar-refractivity contribution is -0.140. The van der Waals surface area contributed by atoms with Gasteiger partial charge >= 0.3 is 6.18 Å². The molecule has 0 radical (unpaired) electrons. The van der Waals surface area contributed by atoms with Crippen molar-refractivity contribution < 1.29 is 17.6 Å². The fourth-order valence-electron chi connectivity index (χ4n) is 1.95. The monoisotopic (exact) mass is 401 g/mol. The Hall–Kier alpha value is -0.630. The van der Waals surface area contributed by atoms with Gasteiger partial charge < -0.3 is 5.32 Å². The van der Waals surface area contributed by atoms with E-state index in [0.29, 0.717) is 13.7 Å². The minimum absolute atomic E-state index is 0.0715. The third kappa shape index (κ3) is 3.41. The van der Waals surface area contributed by atoms with E-state index in [1.165, 1.54) is 23.5 Å². The molecule has 1 aromatic heterocycles. The Morgan fingerprint density at radius 3 is 2.48 bits per heavy atom. The van der Waals surface area contributed by atoms with Crippen LogP contribution in [0.5, 0.6) is 0 Å². The summed E-state index contributed by atoms with van der Waals surface area (Å²) in [5, 5.41) is 3.25. The van der Waals surface area contributed by atoms with Crippen LogP contribution in [0.15, 0.2) is 28.1 Å². The molecular formula is C13H9BrClF4NS. The van der Waals surface area contributed by atoms with E-state index in [9.17, 15) is 17.6 Å². The highest BCUT2D eigenvalue weighted by Crippen LogP contribution is 2.40. The summed E-state index contributed by atoms with van der Waals surface area (Å²) < 4.78 is 53.2. The van der Waals surface area contributed by atoms with Crippen LogP contribution in [0.3, 0.4) is 0 Å². The lowest BCUT2D eigenvalue weighted by Gasteiger charge is -2.18. The van der Waals surface area contributed by atoms with Gasteiger partial charge in [-0.15, -0.1) is 11.3 Å². The van der Waals surface area contributed by atoms with Crippen molar-refractivity contribution in [2.75, 3.05) is 7.05 Å². The second kappa shape index (κ2) is 6.24. The summed E-state index contributed by atoms with van der Waals surface area (Å²) in [5.74, 6) is -1.27. The van der Waals surface area contributed by atoms with E-state index in [4.69, 9.17) is 11.6 Å². The molecule has 0 saturated heterocycles. The Labute approximate surface area is 136 Å². The van der Waals surface area contributed by atoms with Crippen LogP contribution in [0.25, 0.3) is 0 Å². The summed E-state index contributed by atoms with van der Waals surface area (Å²) >= 11 is 10.4. The Balaban J connectivity index is 2.53. The molecule has 1 atom stereocenters. The highest BCUT2D eigenvalue weighted by molar-refractivity contribution is 9.11. The molecule has 0 saturated carbocycles. The van der Waals surface area contributed by atoms with Crippen LogP contribution in [-0.4, -0.2) is 7.05 Å². The van der Waals surface area contributed by atoms with Crippen molar-refractivity contribution in [3.05, 3.63) is 54.9 Å². The van der Waals surface area contributed by atoms with Gasteiger partial charge in [-0.05, 0) is 35.1 Å². The van der Waals surface area contributed by atoms with Crippen molar-refractivity contribution in [1.29, 1.82) is 0 Å². The lowest BCUT2D eigenvalue weighted by Crippen LogP contribution is -2.20. The molecule has 0 aliphatic heterocycles. The predicted molar refractivity (Wildman–Crippen MR) is 79.3 cm³/mol. The van der Waals surface area contributed by atoms with Gasteiger partial charge in [-0.25, -0.2) is 4.39 Å². The SMILES string of the molecule is CNC(c1cc(Cl)c(Br)s1)c1cccc(C(F)(F)F)c1F. The molecule has 1 aromatic carbocycles. The van der Waals surface area contributed by atoms with Gasteiger partial charge in [0.05, 0.1) is 20.4 Å². The molecule has 2 rings (SSSR count). The van der Waals surface area contributed by atoms with Crippen LogP contribution in [0.2, 0.25) is 5.02 Å². The number of rotatable bonds is 3. The molecule has 1 heterocycles. The van der Waals surface area contributed by atoms with Gasteiger partial charge in [0.25, 0.3) is 0 Å². The fourth-order valence-corrected chi connectivity index (χ4v) is 3.82. The molecule has 2 aromatic rings. The van der Waals surface area contributed by atoms with Crippen LogP contribution in [0.4, 0.5) is 17.6 Å². The summed E-state index contributed by atoms with van der Waals surface area (Å²) in [7, 11) is 1.55. The Kier molecular flexibility index (Phi) is 4.97. The molecule has 0 aliphatic carbocycles. The van der Waals surface area contributed by atoms with Gasteiger partial charge in [0, 0.05) is 10.4 Å². The van der Waals surface area contributed by atoms with E-state index in [0.717, 1.165) is 6.07 Å². The summed E-state index contributed by atoms with van der Waals surface area (Å²) in [5.41, 5.74) is -1.35. The Morgan fingerprint density at radius 1 is 1.33 bits per heavy atom. The third-order valence-electron chi connectivity index (χ3n) is 2.88. The van der Waals surface area contributed by atoms with Crippen molar-refractivity contribution in [3.63, 3.8) is 0 Å². The van der Waals surface area contributed by atoms with Gasteiger partial charge in [-0.1, -0.05) is 23.7 Å². The predicted octanol–water partition coefficient (Wildman–Crippen LogP) is 5.63. The Morgan fingerprint density at radius 2 is 2.00 bits per heavy atom. The van der Waals surface area contributed by atoms with E-state index in [-0.39, 0.29) is 5.56 Å². The maximum Gasteiger partial charge on any atom is 0.419 e. The van der Waals surface area contributed by atoms with Gasteiger partial charge in [-0.2, -0.15) is 13.2 Å². The molecule has 1 nitrogen and oxygen atoms in total. The largest absolute Gasteiger partial charge is 0.419 e. The van der Waals surface area contributed by atoms with E-state index in [2.05, 4.69) is 21.2 Å². The van der Waals surface area contributed by atoms with E-state index < -0.39 is 23.6 Å². The second-order valence-electron chi connectivity index (χ2n) is 4.20. The molecule has 1 unspecified atom stereocenters. The maximum atomic E-state index is 14.2. The lowest BCUT2D eigenvalue weighted by atomic mass is 10.0. The topological polar surface area (TPSA) is 12.0 Å². The zero-order chi connectivity index (χ0) is 15.8. The summed E-state index contributed by atoms with van der Waals surface area (Å²) in [4.78, 5) is 0.618. The number of alkyl halides is 3. The van der Waals surface area contributed by atoms with Gasteiger partial charge in [0.2, 0.25) is 0 Å². The minimum atomic E-state index is -4.73. The molecule has 0 spiro atoms. The molecular weight excluding hydrogens is 394 g/mol. The highest BCUT2D eigenvalue weighted by atomic mass is 79.9. The zero-order valence-corrected chi connectivity index (χ0v) is 13.7. The van der Waals surface area contributed by atoms with Crippen LogP contribution < -0.4 is 5.32 Å². The number of benzene rings is 1. The smallest absolute Gasteiger partial charge is 0.309 e. The zero-order valence-electron chi connectivity index (χ0n) is 10.6. The average molecular weight is 403 g/mol. The van der Waals surface area contributed by atoms with Crippen LogP contribution in [0, 0.1) is 5.82 Å². The number of thiophene rings is 1. The van der Waals surface area contributed by atoms with E-state index in [1.807, 2.05) is 0 Å². The van der Waals surface area contributed by atoms with Gasteiger partial charge in [0.1, 0.15) is 5.82 Å².